The molecule has 2 rings (SSSR count). The third-order valence-electron chi connectivity index (χ3n) is 1.87. The molecule has 2 aromatic rings. The number of rotatable bonds is 3. The first-order valence-corrected chi connectivity index (χ1v) is 5.41. The maximum Gasteiger partial charge on any atom is 0.246 e. The molecule has 2 heterocycles. The van der Waals surface area contributed by atoms with Crippen molar-refractivity contribution in [2.75, 3.05) is 5.32 Å². The lowest BCUT2D eigenvalue weighted by Crippen LogP contribution is -2.18. The van der Waals surface area contributed by atoms with Crippen LogP contribution in [0.1, 0.15) is 0 Å². The zero-order chi connectivity index (χ0) is 11.4. The summed E-state index contributed by atoms with van der Waals surface area (Å²) in [5, 5.41) is 6.74. The molecule has 0 spiro atoms. The van der Waals surface area contributed by atoms with Crippen molar-refractivity contribution in [2.24, 2.45) is 0 Å². The lowest BCUT2D eigenvalue weighted by molar-refractivity contribution is -0.116. The molecule has 0 aromatic carbocycles. The predicted octanol–water partition coefficient (Wildman–Crippen LogP) is 1.68. The zero-order valence-corrected chi connectivity index (χ0v) is 9.89. The van der Waals surface area contributed by atoms with Crippen molar-refractivity contribution in [1.82, 2.24) is 14.8 Å². The fourth-order valence-corrected chi connectivity index (χ4v) is 1.54. The number of nitrogens with one attached hydrogen (secondary N) is 1. The Bertz CT molecular complexity index is 483. The molecule has 0 fully saturated rings. The standard InChI is InChI=1S/C10H9BrN4O/c11-8-5-13-15(6-8)7-10(16)14-9-1-3-12-4-2-9/h1-6H,7H2,(H,12,14,16). The van der Waals surface area contributed by atoms with Crippen LogP contribution >= 0.6 is 15.9 Å². The molecular formula is C10H9BrN4O. The number of nitrogens with zero attached hydrogens (tertiary/aromatic N) is 3. The van der Waals surface area contributed by atoms with Crippen LogP contribution in [0.15, 0.2) is 41.4 Å². The minimum atomic E-state index is -0.123. The fourth-order valence-electron chi connectivity index (χ4n) is 1.21. The van der Waals surface area contributed by atoms with Crippen LogP contribution in [0.3, 0.4) is 0 Å². The van der Waals surface area contributed by atoms with Crippen LogP contribution in [0.4, 0.5) is 5.69 Å². The molecular weight excluding hydrogens is 272 g/mol. The van der Waals surface area contributed by atoms with Crippen LogP contribution in [-0.2, 0) is 11.3 Å². The van der Waals surface area contributed by atoms with Gasteiger partial charge in [-0.25, -0.2) is 0 Å². The summed E-state index contributed by atoms with van der Waals surface area (Å²) in [6.45, 7) is 0.188. The second kappa shape index (κ2) is 4.89. The fraction of sp³-hybridized carbons (Fsp3) is 0.100. The van der Waals surface area contributed by atoms with Gasteiger partial charge in [0.1, 0.15) is 6.54 Å². The van der Waals surface area contributed by atoms with E-state index in [1.54, 1.807) is 41.6 Å². The van der Waals surface area contributed by atoms with Crippen molar-refractivity contribution < 1.29 is 4.79 Å². The Balaban J connectivity index is 1.95. The summed E-state index contributed by atoms with van der Waals surface area (Å²) in [7, 11) is 0. The number of halogens is 1. The van der Waals surface area contributed by atoms with E-state index in [1.807, 2.05) is 0 Å². The Labute approximate surface area is 101 Å². The largest absolute Gasteiger partial charge is 0.324 e. The maximum absolute atomic E-state index is 11.6. The van der Waals surface area contributed by atoms with Gasteiger partial charge in [-0.15, -0.1) is 0 Å². The molecule has 5 nitrogen and oxygen atoms in total. The second-order valence-corrected chi connectivity index (χ2v) is 4.06. The highest BCUT2D eigenvalue weighted by atomic mass is 79.9. The van der Waals surface area contributed by atoms with Crippen LogP contribution < -0.4 is 5.32 Å². The van der Waals surface area contributed by atoms with Gasteiger partial charge in [0.15, 0.2) is 0 Å². The molecule has 0 bridgehead atoms. The molecule has 1 N–H and O–H groups in total. The molecule has 1 amide bonds. The molecule has 0 aliphatic carbocycles. The lowest BCUT2D eigenvalue weighted by atomic mass is 10.4. The highest BCUT2D eigenvalue weighted by Gasteiger charge is 2.04. The van der Waals surface area contributed by atoms with E-state index in [2.05, 4.69) is 31.3 Å². The monoisotopic (exact) mass is 280 g/mol. The third-order valence-corrected chi connectivity index (χ3v) is 2.28. The number of carbonyl (C=O) groups excluding carboxylic acids is 1. The molecule has 0 aliphatic heterocycles. The van der Waals surface area contributed by atoms with Crippen molar-refractivity contribution >= 4 is 27.5 Å². The van der Waals surface area contributed by atoms with E-state index in [1.165, 1.54) is 0 Å². The van der Waals surface area contributed by atoms with E-state index in [9.17, 15) is 4.79 Å². The molecule has 16 heavy (non-hydrogen) atoms. The second-order valence-electron chi connectivity index (χ2n) is 3.14. The average Bonchev–Trinajstić information content (AvgIpc) is 2.65. The van der Waals surface area contributed by atoms with Gasteiger partial charge in [-0.2, -0.15) is 5.10 Å². The zero-order valence-electron chi connectivity index (χ0n) is 8.30. The number of anilines is 1. The summed E-state index contributed by atoms with van der Waals surface area (Å²) < 4.78 is 2.41. The number of amides is 1. The minimum Gasteiger partial charge on any atom is -0.324 e. The number of aromatic nitrogens is 3. The summed E-state index contributed by atoms with van der Waals surface area (Å²) in [5.74, 6) is -0.123. The molecule has 2 aromatic heterocycles. The van der Waals surface area contributed by atoms with Gasteiger partial charge in [0.2, 0.25) is 5.91 Å². The lowest BCUT2D eigenvalue weighted by Gasteiger charge is -2.04. The Hall–Kier alpha value is -1.69. The maximum atomic E-state index is 11.6. The summed E-state index contributed by atoms with van der Waals surface area (Å²) >= 11 is 3.27. The Kier molecular flexibility index (Phi) is 3.31. The van der Waals surface area contributed by atoms with E-state index in [4.69, 9.17) is 0 Å². The topological polar surface area (TPSA) is 59.8 Å². The summed E-state index contributed by atoms with van der Waals surface area (Å²) in [5.41, 5.74) is 0.728. The van der Waals surface area contributed by atoms with Gasteiger partial charge < -0.3 is 5.32 Å². The molecule has 0 atom stereocenters. The number of hydrogen-bond donors (Lipinski definition) is 1. The normalized spacial score (nSPS) is 10.1. The van der Waals surface area contributed by atoms with Crippen LogP contribution in [0.25, 0.3) is 0 Å². The summed E-state index contributed by atoms with van der Waals surface area (Å²) in [6.07, 6.45) is 6.63. The van der Waals surface area contributed by atoms with Gasteiger partial charge in [-0.3, -0.25) is 14.5 Å². The molecule has 0 radical (unpaired) electrons. The van der Waals surface area contributed by atoms with Crippen LogP contribution in [0.2, 0.25) is 0 Å². The third kappa shape index (κ3) is 2.90. The van der Waals surface area contributed by atoms with E-state index in [0.29, 0.717) is 0 Å². The quantitative estimate of drug-likeness (QED) is 0.931. The number of carbonyl (C=O) groups is 1. The van der Waals surface area contributed by atoms with E-state index in [0.717, 1.165) is 10.2 Å². The molecule has 0 aliphatic rings. The molecule has 0 saturated carbocycles. The van der Waals surface area contributed by atoms with Crippen molar-refractivity contribution in [3.05, 3.63) is 41.4 Å². The molecule has 0 saturated heterocycles. The van der Waals surface area contributed by atoms with E-state index in [-0.39, 0.29) is 12.5 Å². The Morgan fingerprint density at radius 3 is 2.81 bits per heavy atom. The highest BCUT2D eigenvalue weighted by Crippen LogP contribution is 2.07. The van der Waals surface area contributed by atoms with Crippen molar-refractivity contribution in [3.63, 3.8) is 0 Å². The summed E-state index contributed by atoms with van der Waals surface area (Å²) in [4.78, 5) is 15.4. The van der Waals surface area contributed by atoms with Crippen LogP contribution in [-0.4, -0.2) is 20.7 Å². The minimum absolute atomic E-state index is 0.123. The summed E-state index contributed by atoms with van der Waals surface area (Å²) in [6, 6.07) is 3.47. The number of pyridine rings is 1. The smallest absolute Gasteiger partial charge is 0.246 e. The van der Waals surface area contributed by atoms with Gasteiger partial charge >= 0.3 is 0 Å². The average molecular weight is 281 g/mol. The predicted molar refractivity (Wildman–Crippen MR) is 62.8 cm³/mol. The SMILES string of the molecule is O=C(Cn1cc(Br)cn1)Nc1ccncc1. The first-order valence-electron chi connectivity index (χ1n) is 4.62. The van der Waals surface area contributed by atoms with E-state index < -0.39 is 0 Å². The van der Waals surface area contributed by atoms with Gasteiger partial charge in [-0.05, 0) is 28.1 Å². The molecule has 6 heteroatoms. The molecule has 0 unspecified atom stereocenters. The van der Waals surface area contributed by atoms with Gasteiger partial charge in [0, 0.05) is 24.3 Å². The van der Waals surface area contributed by atoms with Crippen molar-refractivity contribution in [2.45, 2.75) is 6.54 Å². The van der Waals surface area contributed by atoms with Crippen LogP contribution in [0, 0.1) is 0 Å². The first-order chi connectivity index (χ1) is 7.74. The van der Waals surface area contributed by atoms with Gasteiger partial charge in [0.25, 0.3) is 0 Å². The Morgan fingerprint density at radius 1 is 1.44 bits per heavy atom. The van der Waals surface area contributed by atoms with Crippen molar-refractivity contribution in [3.8, 4) is 0 Å². The van der Waals surface area contributed by atoms with Crippen molar-refractivity contribution in [1.29, 1.82) is 0 Å². The van der Waals surface area contributed by atoms with Gasteiger partial charge in [0.05, 0.1) is 10.7 Å². The van der Waals surface area contributed by atoms with E-state index >= 15 is 0 Å². The first kappa shape index (κ1) is 10.8. The Morgan fingerprint density at radius 2 is 2.19 bits per heavy atom. The number of hydrogen-bond acceptors (Lipinski definition) is 3. The van der Waals surface area contributed by atoms with Gasteiger partial charge in [-0.1, -0.05) is 0 Å². The molecule has 82 valence electrons. The van der Waals surface area contributed by atoms with Crippen LogP contribution in [0.5, 0.6) is 0 Å². The highest BCUT2D eigenvalue weighted by molar-refractivity contribution is 9.10.